The average molecular weight is 412 g/mol. The van der Waals surface area contributed by atoms with Gasteiger partial charge in [-0.15, -0.1) is 0 Å². The van der Waals surface area contributed by atoms with Crippen LogP contribution in [0.3, 0.4) is 0 Å². The van der Waals surface area contributed by atoms with E-state index in [1.165, 1.54) is 24.6 Å². The molecule has 0 aromatic heterocycles. The molecular weight excluding hydrogens is 398 g/mol. The Morgan fingerprint density at radius 2 is 1.90 bits per heavy atom. The fourth-order valence-electron chi connectivity index (χ4n) is 2.40. The van der Waals surface area contributed by atoms with E-state index in [1.54, 1.807) is 36.4 Å². The molecule has 0 aliphatic heterocycles. The zero-order valence-corrected chi connectivity index (χ0v) is 15.8. The number of hydrazone groups is 1. The summed E-state index contributed by atoms with van der Waals surface area (Å²) in [6.07, 6.45) is -1.60. The molecule has 29 heavy (non-hydrogen) atoms. The number of hydrogen-bond donors (Lipinski definition) is 3. The van der Waals surface area contributed by atoms with Crippen LogP contribution in [0.25, 0.3) is 0 Å². The number of rotatable bonds is 6. The number of ether oxygens (including phenoxy) is 1. The van der Waals surface area contributed by atoms with Crippen LogP contribution in [0.15, 0.2) is 47.6 Å². The summed E-state index contributed by atoms with van der Waals surface area (Å²) in [5, 5.41) is 32.8. The first-order valence-electron chi connectivity index (χ1n) is 8.00. The lowest BCUT2D eigenvalue weighted by atomic mass is 9.92. The molecule has 1 atom stereocenters. The van der Waals surface area contributed by atoms with Gasteiger partial charge in [0.25, 0.3) is 5.91 Å². The van der Waals surface area contributed by atoms with Crippen LogP contribution in [0.4, 0.5) is 10.5 Å². The van der Waals surface area contributed by atoms with Crippen molar-refractivity contribution < 1.29 is 19.4 Å². The van der Waals surface area contributed by atoms with Crippen LogP contribution in [0.5, 0.6) is 5.75 Å². The smallest absolute Gasteiger partial charge is 0.411 e. The Balaban J connectivity index is 2.30. The zero-order chi connectivity index (χ0) is 21.4. The van der Waals surface area contributed by atoms with E-state index in [9.17, 15) is 14.9 Å². The highest BCUT2D eigenvalue weighted by atomic mass is 35.5. The molecule has 3 N–H and O–H groups in total. The van der Waals surface area contributed by atoms with Gasteiger partial charge in [0.15, 0.2) is 0 Å². The SMILES string of the molecule is COc1cc(NN=C(C#N)C(=O)NC(=O)O)ccc1C(C#N)c1ccc(Cl)cc1. The number of amides is 2. The van der Waals surface area contributed by atoms with Gasteiger partial charge in [-0.1, -0.05) is 29.8 Å². The Kier molecular flexibility index (Phi) is 7.13. The number of anilines is 1. The number of nitrogens with zero attached hydrogens (tertiary/aromatic N) is 3. The van der Waals surface area contributed by atoms with E-state index in [4.69, 9.17) is 26.7 Å². The van der Waals surface area contributed by atoms with Crippen molar-refractivity contribution in [1.29, 1.82) is 10.5 Å². The second-order valence-electron chi connectivity index (χ2n) is 5.51. The molecule has 0 aliphatic rings. The van der Waals surface area contributed by atoms with Crippen molar-refractivity contribution in [3.05, 3.63) is 58.6 Å². The Hall–Kier alpha value is -4.08. The molecule has 0 fully saturated rings. The summed E-state index contributed by atoms with van der Waals surface area (Å²) in [5.74, 6) is -1.40. The maximum Gasteiger partial charge on any atom is 0.411 e. The number of imide groups is 1. The zero-order valence-electron chi connectivity index (χ0n) is 15.0. The first kappa shape index (κ1) is 21.2. The lowest BCUT2D eigenvalue weighted by molar-refractivity contribution is -0.114. The first-order chi connectivity index (χ1) is 13.9. The van der Waals surface area contributed by atoms with E-state index >= 15 is 0 Å². The van der Waals surface area contributed by atoms with E-state index in [0.717, 1.165) is 5.56 Å². The molecular formula is C19H14ClN5O4. The standard InChI is InChI=1S/C19H14ClN5O4/c1-29-17-8-13(24-25-16(10-22)18(26)23-19(27)28)6-7-14(17)15(9-21)11-2-4-12(20)5-3-11/h2-8,15,24H,1H3,(H,23,26)(H,27,28). The van der Waals surface area contributed by atoms with Gasteiger partial charge in [-0.2, -0.15) is 15.6 Å². The lowest BCUT2D eigenvalue weighted by Crippen LogP contribution is -2.34. The Morgan fingerprint density at radius 1 is 1.21 bits per heavy atom. The van der Waals surface area contributed by atoms with Gasteiger partial charge in [0.2, 0.25) is 5.71 Å². The minimum absolute atomic E-state index is 0.356. The highest BCUT2D eigenvalue weighted by molar-refractivity contribution is 6.46. The van der Waals surface area contributed by atoms with Crippen LogP contribution in [0.2, 0.25) is 5.02 Å². The van der Waals surface area contributed by atoms with E-state index in [1.807, 2.05) is 0 Å². The highest BCUT2D eigenvalue weighted by Gasteiger charge is 2.19. The van der Waals surface area contributed by atoms with E-state index in [0.29, 0.717) is 22.0 Å². The molecule has 0 bridgehead atoms. The van der Waals surface area contributed by atoms with E-state index in [2.05, 4.69) is 16.6 Å². The molecule has 0 aliphatic carbocycles. The third kappa shape index (κ3) is 5.45. The fourth-order valence-corrected chi connectivity index (χ4v) is 2.53. The van der Waals surface area contributed by atoms with Crippen molar-refractivity contribution in [1.82, 2.24) is 5.32 Å². The van der Waals surface area contributed by atoms with Gasteiger partial charge in [0, 0.05) is 16.7 Å². The van der Waals surface area contributed by atoms with Crippen LogP contribution in [-0.4, -0.2) is 29.9 Å². The number of carbonyl (C=O) groups is 2. The van der Waals surface area contributed by atoms with E-state index < -0.39 is 23.6 Å². The average Bonchev–Trinajstić information content (AvgIpc) is 2.70. The minimum atomic E-state index is -1.60. The maximum absolute atomic E-state index is 11.5. The summed E-state index contributed by atoms with van der Waals surface area (Å²) in [7, 11) is 1.43. The van der Waals surface area contributed by atoms with Gasteiger partial charge in [0.05, 0.1) is 24.8 Å². The number of benzene rings is 2. The van der Waals surface area contributed by atoms with Crippen molar-refractivity contribution in [3.8, 4) is 17.9 Å². The molecule has 2 aromatic carbocycles. The van der Waals surface area contributed by atoms with Gasteiger partial charge in [-0.25, -0.2) is 4.79 Å². The summed E-state index contributed by atoms with van der Waals surface area (Å²) < 4.78 is 5.36. The van der Waals surface area contributed by atoms with Crippen molar-refractivity contribution in [2.24, 2.45) is 5.10 Å². The quantitative estimate of drug-likeness (QED) is 0.488. The molecule has 10 heteroatoms. The second-order valence-corrected chi connectivity index (χ2v) is 5.95. The molecule has 0 saturated heterocycles. The van der Waals surface area contributed by atoms with Gasteiger partial charge >= 0.3 is 6.09 Å². The maximum atomic E-state index is 11.5. The van der Waals surface area contributed by atoms with Crippen molar-refractivity contribution in [3.63, 3.8) is 0 Å². The molecule has 2 amide bonds. The van der Waals surface area contributed by atoms with Crippen molar-refractivity contribution in [2.45, 2.75) is 5.92 Å². The molecule has 146 valence electrons. The molecule has 0 radical (unpaired) electrons. The normalized spacial score (nSPS) is 11.5. The number of nitrogens with one attached hydrogen (secondary N) is 2. The van der Waals surface area contributed by atoms with Gasteiger partial charge in [-0.05, 0) is 23.8 Å². The number of halogens is 1. The molecule has 0 spiro atoms. The van der Waals surface area contributed by atoms with Gasteiger partial charge in [0.1, 0.15) is 11.8 Å². The highest BCUT2D eigenvalue weighted by Crippen LogP contribution is 2.34. The number of carboxylic acid groups (broad SMARTS) is 1. The molecule has 1 unspecified atom stereocenters. The van der Waals surface area contributed by atoms with Crippen LogP contribution in [0.1, 0.15) is 17.0 Å². The summed E-state index contributed by atoms with van der Waals surface area (Å²) in [6, 6.07) is 15.3. The van der Waals surface area contributed by atoms with Crippen molar-refractivity contribution in [2.75, 3.05) is 12.5 Å². The first-order valence-corrected chi connectivity index (χ1v) is 8.38. The summed E-state index contributed by atoms with van der Waals surface area (Å²) in [4.78, 5) is 22.0. The second kappa shape index (κ2) is 9.74. The molecule has 0 saturated carbocycles. The molecule has 2 rings (SSSR count). The van der Waals surface area contributed by atoms with Crippen LogP contribution >= 0.6 is 11.6 Å². The van der Waals surface area contributed by atoms with Crippen LogP contribution < -0.4 is 15.5 Å². The summed E-state index contributed by atoms with van der Waals surface area (Å²) >= 11 is 5.89. The predicted octanol–water partition coefficient (Wildman–Crippen LogP) is 3.09. The van der Waals surface area contributed by atoms with Crippen LogP contribution in [-0.2, 0) is 4.79 Å². The number of hydrogen-bond acceptors (Lipinski definition) is 7. The number of carbonyl (C=O) groups excluding carboxylic acids is 1. The topological polar surface area (TPSA) is 148 Å². The fraction of sp³-hybridized carbons (Fsp3) is 0.105. The number of nitriles is 2. The minimum Gasteiger partial charge on any atom is -0.496 e. The van der Waals surface area contributed by atoms with Gasteiger partial charge in [-0.3, -0.25) is 15.5 Å². The van der Waals surface area contributed by atoms with Gasteiger partial charge < -0.3 is 9.84 Å². The Morgan fingerprint density at radius 3 is 2.45 bits per heavy atom. The third-order valence-electron chi connectivity index (χ3n) is 3.72. The monoisotopic (exact) mass is 411 g/mol. The molecule has 0 heterocycles. The van der Waals surface area contributed by atoms with E-state index in [-0.39, 0.29) is 0 Å². The molecule has 2 aromatic rings. The summed E-state index contributed by atoms with van der Waals surface area (Å²) in [6.45, 7) is 0. The number of methoxy groups -OCH3 is 1. The predicted molar refractivity (Wildman–Crippen MR) is 105 cm³/mol. The van der Waals surface area contributed by atoms with Crippen LogP contribution in [0, 0.1) is 22.7 Å². The molecule has 9 nitrogen and oxygen atoms in total. The third-order valence-corrected chi connectivity index (χ3v) is 3.97. The largest absolute Gasteiger partial charge is 0.496 e. The summed E-state index contributed by atoms with van der Waals surface area (Å²) in [5.41, 5.74) is 3.49. The Labute approximate surface area is 170 Å². The van der Waals surface area contributed by atoms with Crippen molar-refractivity contribution >= 4 is 35.0 Å². The Bertz CT molecular complexity index is 1040. The lowest BCUT2D eigenvalue weighted by Gasteiger charge is -2.15.